The van der Waals surface area contributed by atoms with Crippen LogP contribution >= 0.6 is 23.1 Å². The summed E-state index contributed by atoms with van der Waals surface area (Å²) in [5, 5.41) is 2.10. The van der Waals surface area contributed by atoms with Gasteiger partial charge in [-0.1, -0.05) is 18.2 Å². The zero-order valence-electron chi connectivity index (χ0n) is 7.95. The number of thiazole rings is 1. The highest BCUT2D eigenvalue weighted by atomic mass is 32.2. The van der Waals surface area contributed by atoms with Crippen molar-refractivity contribution in [2.24, 2.45) is 5.73 Å². The minimum Gasteiger partial charge on any atom is -0.330 e. The number of thioether (sulfide) groups is 1. The van der Waals surface area contributed by atoms with Crippen molar-refractivity contribution in [1.82, 2.24) is 4.98 Å². The predicted octanol–water partition coefficient (Wildman–Crippen LogP) is 2.67. The average molecular weight is 216 g/mol. The second kappa shape index (κ2) is 6.40. The number of nitrogens with zero attached hydrogens (tertiary/aromatic N) is 1. The van der Waals surface area contributed by atoms with Gasteiger partial charge in [-0.3, -0.25) is 0 Å². The lowest BCUT2D eigenvalue weighted by Gasteiger charge is -1.96. The molecule has 0 saturated carbocycles. The highest BCUT2D eigenvalue weighted by Gasteiger charge is 1.98. The predicted molar refractivity (Wildman–Crippen MR) is 60.5 cm³/mol. The van der Waals surface area contributed by atoms with Crippen LogP contribution in [0.3, 0.4) is 0 Å². The van der Waals surface area contributed by atoms with Crippen LogP contribution in [-0.2, 0) is 0 Å². The third kappa shape index (κ3) is 4.64. The fraction of sp³-hybridized carbons (Fsp3) is 0.667. The van der Waals surface area contributed by atoms with Crippen LogP contribution in [0.5, 0.6) is 0 Å². The van der Waals surface area contributed by atoms with Gasteiger partial charge in [-0.2, -0.15) is 0 Å². The Labute approximate surface area is 87.9 Å². The molecule has 0 aliphatic heterocycles. The largest absolute Gasteiger partial charge is 0.330 e. The first-order valence-electron chi connectivity index (χ1n) is 4.58. The lowest BCUT2D eigenvalue weighted by molar-refractivity contribution is 0.732. The minimum absolute atomic E-state index is 0.820. The normalized spacial score (nSPS) is 10.6. The fourth-order valence-corrected chi connectivity index (χ4v) is 2.90. The first-order valence-corrected chi connectivity index (χ1v) is 6.44. The van der Waals surface area contributed by atoms with E-state index in [0.717, 1.165) is 18.7 Å². The monoisotopic (exact) mass is 216 g/mol. The molecule has 2 N–H and O–H groups in total. The van der Waals surface area contributed by atoms with E-state index in [1.165, 1.54) is 22.9 Å². The third-order valence-electron chi connectivity index (χ3n) is 1.67. The Morgan fingerprint density at radius 2 is 2.31 bits per heavy atom. The lowest BCUT2D eigenvalue weighted by Crippen LogP contribution is -1.97. The molecule has 0 aliphatic carbocycles. The second-order valence-corrected chi connectivity index (χ2v) is 5.15. The molecule has 0 saturated heterocycles. The van der Waals surface area contributed by atoms with Gasteiger partial charge in [0.2, 0.25) is 0 Å². The van der Waals surface area contributed by atoms with Crippen molar-refractivity contribution in [3.05, 3.63) is 11.1 Å². The molecular weight excluding hydrogens is 200 g/mol. The van der Waals surface area contributed by atoms with E-state index >= 15 is 0 Å². The maximum atomic E-state index is 5.41. The van der Waals surface area contributed by atoms with Crippen molar-refractivity contribution in [3.8, 4) is 0 Å². The Kier molecular flexibility index (Phi) is 5.43. The Hall–Kier alpha value is -0.0600. The summed E-state index contributed by atoms with van der Waals surface area (Å²) in [4.78, 5) is 4.39. The Morgan fingerprint density at radius 3 is 2.92 bits per heavy atom. The molecule has 1 aromatic heterocycles. The lowest BCUT2D eigenvalue weighted by atomic mass is 10.2. The molecule has 0 unspecified atom stereocenters. The van der Waals surface area contributed by atoms with Crippen LogP contribution in [0.2, 0.25) is 0 Å². The van der Waals surface area contributed by atoms with Crippen LogP contribution in [0, 0.1) is 6.92 Å². The number of rotatable bonds is 6. The van der Waals surface area contributed by atoms with E-state index in [-0.39, 0.29) is 0 Å². The molecule has 0 bridgehead atoms. The van der Waals surface area contributed by atoms with Crippen LogP contribution in [-0.4, -0.2) is 17.3 Å². The van der Waals surface area contributed by atoms with Crippen LogP contribution < -0.4 is 5.73 Å². The van der Waals surface area contributed by atoms with Gasteiger partial charge in [-0.05, 0) is 26.3 Å². The van der Waals surface area contributed by atoms with Crippen molar-refractivity contribution < 1.29 is 0 Å². The number of hydrogen-bond donors (Lipinski definition) is 1. The van der Waals surface area contributed by atoms with Gasteiger partial charge in [-0.15, -0.1) is 11.3 Å². The molecule has 0 aromatic carbocycles. The fourth-order valence-electron chi connectivity index (χ4n) is 0.981. The van der Waals surface area contributed by atoms with E-state index in [1.807, 2.05) is 18.7 Å². The summed E-state index contributed by atoms with van der Waals surface area (Å²) in [6, 6.07) is 0. The molecule has 0 radical (unpaired) electrons. The molecule has 1 rings (SSSR count). The second-order valence-electron chi connectivity index (χ2n) is 2.95. The smallest absolute Gasteiger partial charge is 0.150 e. The first-order chi connectivity index (χ1) is 6.33. The van der Waals surface area contributed by atoms with E-state index in [1.54, 1.807) is 11.3 Å². The maximum Gasteiger partial charge on any atom is 0.150 e. The number of aromatic nitrogens is 1. The molecule has 13 heavy (non-hydrogen) atoms. The van der Waals surface area contributed by atoms with Crippen LogP contribution in [0.1, 0.15) is 25.0 Å². The molecule has 2 nitrogen and oxygen atoms in total. The van der Waals surface area contributed by atoms with E-state index in [0.29, 0.717) is 0 Å². The zero-order valence-corrected chi connectivity index (χ0v) is 9.59. The van der Waals surface area contributed by atoms with Gasteiger partial charge in [-0.25, -0.2) is 4.98 Å². The maximum absolute atomic E-state index is 5.41. The molecule has 74 valence electrons. The Balaban J connectivity index is 2.06. The van der Waals surface area contributed by atoms with Crippen molar-refractivity contribution in [2.45, 2.75) is 30.5 Å². The number of unbranched alkanes of at least 4 members (excludes halogenated alkanes) is 2. The molecule has 4 heteroatoms. The molecule has 1 aromatic rings. The molecule has 1 heterocycles. The van der Waals surface area contributed by atoms with Gasteiger partial charge in [0, 0.05) is 16.8 Å². The summed E-state index contributed by atoms with van der Waals surface area (Å²) in [5.41, 5.74) is 6.54. The first kappa shape index (κ1) is 11.0. The van der Waals surface area contributed by atoms with E-state index in [9.17, 15) is 0 Å². The molecule has 0 fully saturated rings. The van der Waals surface area contributed by atoms with Crippen LogP contribution in [0.15, 0.2) is 9.72 Å². The molecular formula is C9H16N2S2. The third-order valence-corrected chi connectivity index (χ3v) is 3.90. The summed E-state index contributed by atoms with van der Waals surface area (Å²) in [7, 11) is 0. The summed E-state index contributed by atoms with van der Waals surface area (Å²) >= 11 is 3.60. The van der Waals surface area contributed by atoms with Gasteiger partial charge in [0.05, 0.1) is 0 Å². The molecule has 0 aliphatic rings. The Bertz CT molecular complexity index is 235. The van der Waals surface area contributed by atoms with Gasteiger partial charge >= 0.3 is 0 Å². The van der Waals surface area contributed by atoms with Gasteiger partial charge < -0.3 is 5.73 Å². The van der Waals surface area contributed by atoms with Gasteiger partial charge in [0.15, 0.2) is 0 Å². The highest BCUT2D eigenvalue weighted by Crippen LogP contribution is 2.23. The van der Waals surface area contributed by atoms with Crippen molar-refractivity contribution in [2.75, 3.05) is 12.3 Å². The minimum atomic E-state index is 0.820. The SMILES string of the molecule is Cc1csc(SCCCCCN)n1. The molecule has 0 amide bonds. The molecule has 0 spiro atoms. The van der Waals surface area contributed by atoms with Crippen molar-refractivity contribution in [1.29, 1.82) is 0 Å². The topological polar surface area (TPSA) is 38.9 Å². The van der Waals surface area contributed by atoms with Crippen molar-refractivity contribution >= 4 is 23.1 Å². The average Bonchev–Trinajstić information content (AvgIpc) is 2.51. The van der Waals surface area contributed by atoms with E-state index in [4.69, 9.17) is 5.73 Å². The van der Waals surface area contributed by atoms with Crippen LogP contribution in [0.4, 0.5) is 0 Å². The van der Waals surface area contributed by atoms with E-state index in [2.05, 4.69) is 10.4 Å². The summed E-state index contributed by atoms with van der Waals surface area (Å²) < 4.78 is 1.20. The number of hydrogen-bond acceptors (Lipinski definition) is 4. The standard InChI is InChI=1S/C9H16N2S2/c1-8-7-13-9(11-8)12-6-4-2-3-5-10/h7H,2-6,10H2,1H3. The van der Waals surface area contributed by atoms with Gasteiger partial charge in [0.25, 0.3) is 0 Å². The van der Waals surface area contributed by atoms with E-state index < -0.39 is 0 Å². The quantitative estimate of drug-likeness (QED) is 0.587. The van der Waals surface area contributed by atoms with Crippen LogP contribution in [0.25, 0.3) is 0 Å². The highest BCUT2D eigenvalue weighted by molar-refractivity contribution is 8.00. The van der Waals surface area contributed by atoms with Gasteiger partial charge in [0.1, 0.15) is 4.34 Å². The number of nitrogens with two attached hydrogens (primary N) is 1. The molecule has 0 atom stereocenters. The summed E-state index contributed by atoms with van der Waals surface area (Å²) in [6.45, 7) is 2.86. The summed E-state index contributed by atoms with van der Waals surface area (Å²) in [5.74, 6) is 1.17. The summed E-state index contributed by atoms with van der Waals surface area (Å²) in [6.07, 6.45) is 3.64. The van der Waals surface area contributed by atoms with Crippen molar-refractivity contribution in [3.63, 3.8) is 0 Å². The zero-order chi connectivity index (χ0) is 9.52. The Morgan fingerprint density at radius 1 is 1.46 bits per heavy atom. The number of aryl methyl sites for hydroxylation is 1.